The van der Waals surface area contributed by atoms with Crippen molar-refractivity contribution in [2.45, 2.75) is 6.61 Å². The summed E-state index contributed by atoms with van der Waals surface area (Å²) >= 11 is 0. The quantitative estimate of drug-likeness (QED) is 0.669. The van der Waals surface area contributed by atoms with E-state index < -0.39 is 0 Å². The first-order chi connectivity index (χ1) is 6.81. The van der Waals surface area contributed by atoms with Crippen LogP contribution in [0.25, 0.3) is 0 Å². The topological polar surface area (TPSA) is 55.5 Å². The summed E-state index contributed by atoms with van der Waals surface area (Å²) in [5, 5.41) is 8.98. The maximum Gasteiger partial charge on any atom is 0.125 e. The van der Waals surface area contributed by atoms with E-state index in [9.17, 15) is 0 Å². The number of ether oxygens (including phenoxy) is 1. The highest BCUT2D eigenvalue weighted by molar-refractivity contribution is 5.44. The van der Waals surface area contributed by atoms with E-state index in [-0.39, 0.29) is 6.61 Å². The Balaban J connectivity index is 3.01. The Morgan fingerprint density at radius 3 is 2.86 bits per heavy atom. The molecule has 0 unspecified atom stereocenters. The molecule has 0 fully saturated rings. The van der Waals surface area contributed by atoms with Gasteiger partial charge in [0.15, 0.2) is 0 Å². The maximum atomic E-state index is 8.98. The van der Waals surface area contributed by atoms with Crippen molar-refractivity contribution >= 4 is 0 Å². The molecular formula is C11H13NO2. The lowest BCUT2D eigenvalue weighted by atomic mass is 10.1. The van der Waals surface area contributed by atoms with Gasteiger partial charge in [0.2, 0.25) is 0 Å². The predicted octanol–water partition coefficient (Wildman–Crippen LogP) is 0.498. The van der Waals surface area contributed by atoms with Gasteiger partial charge in [-0.3, -0.25) is 0 Å². The molecule has 3 N–H and O–H groups in total. The highest BCUT2D eigenvalue weighted by Crippen LogP contribution is 2.19. The van der Waals surface area contributed by atoms with Crippen molar-refractivity contribution < 1.29 is 9.84 Å². The molecule has 0 aromatic heterocycles. The number of hydrogen-bond acceptors (Lipinski definition) is 3. The van der Waals surface area contributed by atoms with Crippen molar-refractivity contribution in [3.8, 4) is 17.6 Å². The second-order valence-electron chi connectivity index (χ2n) is 2.69. The van der Waals surface area contributed by atoms with Crippen molar-refractivity contribution in [3.63, 3.8) is 0 Å². The van der Waals surface area contributed by atoms with Crippen LogP contribution in [-0.2, 0) is 6.61 Å². The van der Waals surface area contributed by atoms with E-state index in [0.29, 0.717) is 12.3 Å². The first kappa shape index (κ1) is 10.6. The molecule has 0 bridgehead atoms. The summed E-state index contributed by atoms with van der Waals surface area (Å²) in [6, 6.07) is 5.41. The molecule has 0 atom stereocenters. The van der Waals surface area contributed by atoms with Crippen LogP contribution in [0.4, 0.5) is 0 Å². The highest BCUT2D eigenvalue weighted by atomic mass is 16.5. The van der Waals surface area contributed by atoms with E-state index in [1.165, 1.54) is 0 Å². The Morgan fingerprint density at radius 1 is 1.50 bits per heavy atom. The molecule has 0 aliphatic heterocycles. The summed E-state index contributed by atoms with van der Waals surface area (Å²) in [6.07, 6.45) is 0. The van der Waals surface area contributed by atoms with Gasteiger partial charge >= 0.3 is 0 Å². The number of rotatable bonds is 2. The van der Waals surface area contributed by atoms with Crippen molar-refractivity contribution in [1.82, 2.24) is 0 Å². The Morgan fingerprint density at radius 2 is 2.29 bits per heavy atom. The SMILES string of the molecule is COc1cc(C#CCN)ccc1CO. The number of aliphatic hydroxyl groups excluding tert-OH is 1. The zero-order valence-electron chi connectivity index (χ0n) is 8.08. The van der Waals surface area contributed by atoms with Crippen molar-refractivity contribution in [2.24, 2.45) is 5.73 Å². The molecule has 1 aromatic carbocycles. The molecule has 74 valence electrons. The average molecular weight is 191 g/mol. The number of aliphatic hydroxyl groups is 1. The van der Waals surface area contributed by atoms with Crippen molar-refractivity contribution in [2.75, 3.05) is 13.7 Å². The van der Waals surface area contributed by atoms with Gasteiger partial charge in [0.1, 0.15) is 5.75 Å². The van der Waals surface area contributed by atoms with E-state index in [2.05, 4.69) is 11.8 Å². The number of hydrogen-bond donors (Lipinski definition) is 2. The average Bonchev–Trinajstić information content (AvgIpc) is 2.25. The van der Waals surface area contributed by atoms with E-state index >= 15 is 0 Å². The molecule has 0 spiro atoms. The summed E-state index contributed by atoms with van der Waals surface area (Å²) in [5.74, 6) is 6.30. The van der Waals surface area contributed by atoms with Crippen LogP contribution in [0.2, 0.25) is 0 Å². The largest absolute Gasteiger partial charge is 0.496 e. The van der Waals surface area contributed by atoms with Gasteiger partial charge < -0.3 is 15.6 Å². The number of methoxy groups -OCH3 is 1. The normalized spacial score (nSPS) is 9.07. The lowest BCUT2D eigenvalue weighted by molar-refractivity contribution is 0.274. The fourth-order valence-corrected chi connectivity index (χ4v) is 1.11. The second kappa shape index (κ2) is 5.28. The van der Waals surface area contributed by atoms with Crippen LogP contribution in [0.5, 0.6) is 5.75 Å². The number of nitrogens with two attached hydrogens (primary N) is 1. The smallest absolute Gasteiger partial charge is 0.125 e. The Bertz CT molecular complexity index is 363. The summed E-state index contributed by atoms with van der Waals surface area (Å²) in [5.41, 5.74) is 6.85. The molecule has 0 aliphatic carbocycles. The molecule has 3 heteroatoms. The fourth-order valence-electron chi connectivity index (χ4n) is 1.11. The van der Waals surface area contributed by atoms with Crippen LogP contribution in [0, 0.1) is 11.8 Å². The van der Waals surface area contributed by atoms with Gasteiger partial charge in [-0.25, -0.2) is 0 Å². The minimum Gasteiger partial charge on any atom is -0.496 e. The molecular weight excluding hydrogens is 178 g/mol. The Kier molecular flexibility index (Phi) is 3.99. The molecule has 3 nitrogen and oxygen atoms in total. The standard InChI is InChI=1S/C11H13NO2/c1-14-11-7-9(3-2-6-12)4-5-10(11)8-13/h4-5,7,13H,6,8,12H2,1H3. The van der Waals surface area contributed by atoms with Gasteiger partial charge in [0.05, 0.1) is 20.3 Å². The lowest BCUT2D eigenvalue weighted by Crippen LogP contribution is -1.94. The van der Waals surface area contributed by atoms with Gasteiger partial charge in [-0.15, -0.1) is 0 Å². The highest BCUT2D eigenvalue weighted by Gasteiger charge is 2.01. The first-order valence-corrected chi connectivity index (χ1v) is 4.28. The minimum atomic E-state index is -0.0340. The molecule has 0 radical (unpaired) electrons. The summed E-state index contributed by atoms with van der Waals surface area (Å²) in [7, 11) is 1.56. The Hall–Kier alpha value is -1.50. The molecule has 0 heterocycles. The third-order valence-electron chi connectivity index (χ3n) is 1.79. The maximum absolute atomic E-state index is 8.98. The van der Waals surface area contributed by atoms with Gasteiger partial charge in [0.25, 0.3) is 0 Å². The molecule has 1 aromatic rings. The zero-order chi connectivity index (χ0) is 10.4. The van der Waals surface area contributed by atoms with E-state index in [1.807, 2.05) is 6.07 Å². The lowest BCUT2D eigenvalue weighted by Gasteiger charge is -2.05. The van der Waals surface area contributed by atoms with Crippen LogP contribution in [0.1, 0.15) is 11.1 Å². The van der Waals surface area contributed by atoms with Gasteiger partial charge in [0, 0.05) is 11.1 Å². The summed E-state index contributed by atoms with van der Waals surface area (Å²) < 4.78 is 5.10. The molecule has 1 rings (SSSR count). The van der Waals surface area contributed by atoms with Crippen LogP contribution in [-0.4, -0.2) is 18.8 Å². The third kappa shape index (κ3) is 2.49. The van der Waals surface area contributed by atoms with Crippen LogP contribution >= 0.6 is 0 Å². The van der Waals surface area contributed by atoms with Crippen LogP contribution in [0.3, 0.4) is 0 Å². The molecule has 0 amide bonds. The first-order valence-electron chi connectivity index (χ1n) is 4.28. The Labute approximate surface area is 83.5 Å². The van der Waals surface area contributed by atoms with Gasteiger partial charge in [-0.2, -0.15) is 0 Å². The third-order valence-corrected chi connectivity index (χ3v) is 1.79. The van der Waals surface area contributed by atoms with E-state index in [4.69, 9.17) is 15.6 Å². The zero-order valence-corrected chi connectivity index (χ0v) is 8.08. The minimum absolute atomic E-state index is 0.0340. The van der Waals surface area contributed by atoms with Crippen molar-refractivity contribution in [3.05, 3.63) is 29.3 Å². The van der Waals surface area contributed by atoms with E-state index in [0.717, 1.165) is 11.1 Å². The molecule has 14 heavy (non-hydrogen) atoms. The van der Waals surface area contributed by atoms with Crippen LogP contribution in [0.15, 0.2) is 18.2 Å². The number of benzene rings is 1. The molecule has 0 saturated heterocycles. The van der Waals surface area contributed by atoms with Gasteiger partial charge in [-0.1, -0.05) is 17.9 Å². The van der Waals surface area contributed by atoms with E-state index in [1.54, 1.807) is 19.2 Å². The van der Waals surface area contributed by atoms with Gasteiger partial charge in [-0.05, 0) is 12.1 Å². The predicted molar refractivity (Wildman–Crippen MR) is 54.8 cm³/mol. The second-order valence-corrected chi connectivity index (χ2v) is 2.69. The van der Waals surface area contributed by atoms with Crippen molar-refractivity contribution in [1.29, 1.82) is 0 Å². The fraction of sp³-hybridized carbons (Fsp3) is 0.273. The summed E-state index contributed by atoms with van der Waals surface area (Å²) in [4.78, 5) is 0. The molecule has 0 aliphatic rings. The summed E-state index contributed by atoms with van der Waals surface area (Å²) in [6.45, 7) is 0.303. The van der Waals surface area contributed by atoms with Crippen LogP contribution < -0.4 is 10.5 Å². The molecule has 0 saturated carbocycles. The monoisotopic (exact) mass is 191 g/mol.